The van der Waals surface area contributed by atoms with Crippen LogP contribution < -0.4 is 5.48 Å². The van der Waals surface area contributed by atoms with Crippen LogP contribution in [0.25, 0.3) is 0 Å². The molecule has 3 heteroatoms. The molecule has 1 heterocycles. The van der Waals surface area contributed by atoms with Crippen molar-refractivity contribution in [3.63, 3.8) is 0 Å². The van der Waals surface area contributed by atoms with Crippen LogP contribution in [0.5, 0.6) is 0 Å². The molecule has 1 atom stereocenters. The molecule has 0 fully saturated rings. The maximum absolute atomic E-state index is 11.0. The van der Waals surface area contributed by atoms with Crippen LogP contribution in [0.3, 0.4) is 0 Å². The van der Waals surface area contributed by atoms with E-state index in [1.807, 2.05) is 0 Å². The molecule has 60 valence electrons. The van der Waals surface area contributed by atoms with Gasteiger partial charge in [0.1, 0.15) is 6.26 Å². The fraction of sp³-hybridized carbons (Fsp3) is 0.375. The van der Waals surface area contributed by atoms with Crippen molar-refractivity contribution in [1.82, 2.24) is 5.48 Å². The van der Waals surface area contributed by atoms with E-state index in [0.717, 1.165) is 12.8 Å². The summed E-state index contributed by atoms with van der Waals surface area (Å²) in [6.07, 6.45) is 6.70. The first-order valence-corrected chi connectivity index (χ1v) is 3.57. The van der Waals surface area contributed by atoms with Crippen LogP contribution in [0.1, 0.15) is 12.8 Å². The van der Waals surface area contributed by atoms with Gasteiger partial charge < -0.3 is 4.84 Å². The standard InChI is InChI=1S/C8H11NO2/c1-2-3-4-7-5-6-11-9-8(7)10/h2,5-7H,1,3-4H2,(H,9,10). The van der Waals surface area contributed by atoms with E-state index in [9.17, 15) is 4.79 Å². The van der Waals surface area contributed by atoms with Crippen LogP contribution in [-0.4, -0.2) is 5.91 Å². The normalized spacial score (nSPS) is 22.2. The van der Waals surface area contributed by atoms with Gasteiger partial charge in [-0.2, -0.15) is 5.48 Å². The molecule has 0 aromatic carbocycles. The maximum atomic E-state index is 11.0. The summed E-state index contributed by atoms with van der Waals surface area (Å²) in [5.74, 6) is -0.129. The highest BCUT2D eigenvalue weighted by Gasteiger charge is 2.17. The van der Waals surface area contributed by atoms with Crippen molar-refractivity contribution in [3.8, 4) is 0 Å². The molecule has 1 N–H and O–H groups in total. The third-order valence-corrected chi connectivity index (χ3v) is 1.56. The first kappa shape index (κ1) is 7.85. The number of hydrogen-bond donors (Lipinski definition) is 1. The zero-order valence-electron chi connectivity index (χ0n) is 6.25. The Bertz CT molecular complexity index is 187. The van der Waals surface area contributed by atoms with Crippen molar-refractivity contribution >= 4 is 5.91 Å². The molecule has 0 spiro atoms. The van der Waals surface area contributed by atoms with Crippen LogP contribution in [0, 0.1) is 5.92 Å². The smallest absolute Gasteiger partial charge is 0.259 e. The predicted molar refractivity (Wildman–Crippen MR) is 41.3 cm³/mol. The first-order chi connectivity index (χ1) is 5.34. The van der Waals surface area contributed by atoms with Crippen molar-refractivity contribution in [2.45, 2.75) is 12.8 Å². The SMILES string of the molecule is C=CCCC1C=CONC1=O. The molecule has 1 aliphatic heterocycles. The van der Waals surface area contributed by atoms with E-state index in [4.69, 9.17) is 0 Å². The molecular formula is C8H11NO2. The van der Waals surface area contributed by atoms with Crippen molar-refractivity contribution in [3.05, 3.63) is 25.0 Å². The molecule has 0 bridgehead atoms. The lowest BCUT2D eigenvalue weighted by Crippen LogP contribution is -2.31. The van der Waals surface area contributed by atoms with Gasteiger partial charge in [0.15, 0.2) is 0 Å². The number of carbonyl (C=O) groups excluding carboxylic acids is 1. The van der Waals surface area contributed by atoms with Gasteiger partial charge in [0.2, 0.25) is 0 Å². The second-order valence-electron chi connectivity index (χ2n) is 2.39. The summed E-state index contributed by atoms with van der Waals surface area (Å²) in [5, 5.41) is 0. The maximum Gasteiger partial charge on any atom is 0.259 e. The van der Waals surface area contributed by atoms with Crippen LogP contribution in [0.2, 0.25) is 0 Å². The molecule has 0 saturated carbocycles. The van der Waals surface area contributed by atoms with Gasteiger partial charge in [-0.1, -0.05) is 6.08 Å². The van der Waals surface area contributed by atoms with Crippen molar-refractivity contribution in [2.75, 3.05) is 0 Å². The summed E-state index contributed by atoms with van der Waals surface area (Å²) in [4.78, 5) is 15.6. The minimum absolute atomic E-state index is 0.0539. The van der Waals surface area contributed by atoms with E-state index >= 15 is 0 Å². The van der Waals surface area contributed by atoms with Crippen molar-refractivity contribution < 1.29 is 9.63 Å². The van der Waals surface area contributed by atoms with Gasteiger partial charge >= 0.3 is 0 Å². The average Bonchev–Trinajstić information content (AvgIpc) is 2.03. The highest BCUT2D eigenvalue weighted by molar-refractivity contribution is 5.79. The fourth-order valence-electron chi connectivity index (χ4n) is 0.914. The topological polar surface area (TPSA) is 38.3 Å². The largest absolute Gasteiger partial charge is 0.388 e. The van der Waals surface area contributed by atoms with Gasteiger partial charge in [0.25, 0.3) is 5.91 Å². The molecule has 1 unspecified atom stereocenters. The Labute approximate surface area is 65.7 Å². The quantitative estimate of drug-likeness (QED) is 0.617. The Morgan fingerprint density at radius 2 is 2.64 bits per heavy atom. The number of rotatable bonds is 3. The van der Waals surface area contributed by atoms with Gasteiger partial charge in [-0.15, -0.1) is 6.58 Å². The summed E-state index contributed by atoms with van der Waals surface area (Å²) in [6.45, 7) is 3.58. The van der Waals surface area contributed by atoms with E-state index in [1.165, 1.54) is 6.26 Å². The highest BCUT2D eigenvalue weighted by Crippen LogP contribution is 2.11. The van der Waals surface area contributed by atoms with Crippen LogP contribution in [0.4, 0.5) is 0 Å². The molecule has 1 rings (SSSR count). The highest BCUT2D eigenvalue weighted by atomic mass is 16.6. The van der Waals surface area contributed by atoms with E-state index < -0.39 is 0 Å². The lowest BCUT2D eigenvalue weighted by atomic mass is 10.0. The third kappa shape index (κ3) is 2.11. The number of amides is 1. The Kier molecular flexibility index (Phi) is 2.72. The Morgan fingerprint density at radius 1 is 1.82 bits per heavy atom. The molecule has 0 aromatic heterocycles. The molecule has 0 saturated heterocycles. The molecule has 0 aromatic rings. The van der Waals surface area contributed by atoms with Gasteiger partial charge in [-0.25, -0.2) is 0 Å². The lowest BCUT2D eigenvalue weighted by Gasteiger charge is -2.15. The minimum Gasteiger partial charge on any atom is -0.388 e. The van der Waals surface area contributed by atoms with Gasteiger partial charge in [-0.05, 0) is 18.9 Å². The van der Waals surface area contributed by atoms with E-state index in [2.05, 4.69) is 16.9 Å². The number of nitrogens with one attached hydrogen (secondary N) is 1. The zero-order chi connectivity index (χ0) is 8.10. The summed E-state index contributed by atoms with van der Waals surface area (Å²) in [6, 6.07) is 0. The Balaban J connectivity index is 2.41. The third-order valence-electron chi connectivity index (χ3n) is 1.56. The van der Waals surface area contributed by atoms with Gasteiger partial charge in [-0.3, -0.25) is 4.79 Å². The molecular weight excluding hydrogens is 142 g/mol. The van der Waals surface area contributed by atoms with E-state index in [1.54, 1.807) is 12.2 Å². The number of carbonyl (C=O) groups is 1. The Morgan fingerprint density at radius 3 is 3.27 bits per heavy atom. The van der Waals surface area contributed by atoms with E-state index in [0.29, 0.717) is 0 Å². The molecule has 11 heavy (non-hydrogen) atoms. The number of hydrogen-bond acceptors (Lipinski definition) is 2. The molecule has 1 aliphatic rings. The molecule has 0 aliphatic carbocycles. The van der Waals surface area contributed by atoms with Gasteiger partial charge in [0, 0.05) is 0 Å². The molecule has 1 amide bonds. The Hall–Kier alpha value is -1.25. The van der Waals surface area contributed by atoms with Crippen LogP contribution in [0.15, 0.2) is 25.0 Å². The summed E-state index contributed by atoms with van der Waals surface area (Å²) in [7, 11) is 0. The summed E-state index contributed by atoms with van der Waals surface area (Å²) in [5.41, 5.74) is 2.28. The fourth-order valence-corrected chi connectivity index (χ4v) is 0.914. The number of allylic oxidation sites excluding steroid dienone is 1. The lowest BCUT2D eigenvalue weighted by molar-refractivity contribution is -0.134. The molecule has 3 nitrogen and oxygen atoms in total. The van der Waals surface area contributed by atoms with Crippen LogP contribution in [-0.2, 0) is 9.63 Å². The average molecular weight is 153 g/mol. The van der Waals surface area contributed by atoms with Crippen molar-refractivity contribution in [1.29, 1.82) is 0 Å². The summed E-state index contributed by atoms with van der Waals surface area (Å²) >= 11 is 0. The zero-order valence-corrected chi connectivity index (χ0v) is 6.25. The minimum atomic E-state index is -0.0747. The van der Waals surface area contributed by atoms with Gasteiger partial charge in [0.05, 0.1) is 5.92 Å². The monoisotopic (exact) mass is 153 g/mol. The number of hydroxylamine groups is 1. The second-order valence-corrected chi connectivity index (χ2v) is 2.39. The summed E-state index contributed by atoms with van der Waals surface area (Å²) < 4.78 is 0. The van der Waals surface area contributed by atoms with Crippen LogP contribution >= 0.6 is 0 Å². The molecule has 0 radical (unpaired) electrons. The predicted octanol–water partition coefficient (Wildman–Crippen LogP) is 1.14. The first-order valence-electron chi connectivity index (χ1n) is 3.57. The van der Waals surface area contributed by atoms with Crippen molar-refractivity contribution in [2.24, 2.45) is 5.92 Å². The second kappa shape index (κ2) is 3.81. The van der Waals surface area contributed by atoms with E-state index in [-0.39, 0.29) is 11.8 Å².